The van der Waals surface area contributed by atoms with Crippen LogP contribution in [0.2, 0.25) is 5.02 Å². The number of hydrogen-bond acceptors (Lipinski definition) is 3. The molecule has 0 saturated carbocycles. The van der Waals surface area contributed by atoms with Crippen LogP contribution in [0.25, 0.3) is 0 Å². The van der Waals surface area contributed by atoms with Crippen LogP contribution in [-0.4, -0.2) is 37.6 Å². The van der Waals surface area contributed by atoms with Crippen LogP contribution in [-0.2, 0) is 0 Å². The van der Waals surface area contributed by atoms with Crippen LogP contribution in [0, 0.1) is 0 Å². The third-order valence-electron chi connectivity index (χ3n) is 3.05. The summed E-state index contributed by atoms with van der Waals surface area (Å²) in [5.74, 6) is 0. The van der Waals surface area contributed by atoms with E-state index in [0.29, 0.717) is 12.6 Å². The predicted molar refractivity (Wildman–Crippen MR) is 67.7 cm³/mol. The summed E-state index contributed by atoms with van der Waals surface area (Å²) < 4.78 is 0. The molecule has 3 nitrogen and oxygen atoms in total. The van der Waals surface area contributed by atoms with Crippen molar-refractivity contribution in [2.24, 2.45) is 5.73 Å². The van der Waals surface area contributed by atoms with Gasteiger partial charge >= 0.3 is 0 Å². The first-order valence-electron chi connectivity index (χ1n) is 5.71. The third kappa shape index (κ3) is 2.74. The molecule has 1 unspecified atom stereocenters. The zero-order valence-electron chi connectivity index (χ0n) is 9.32. The summed E-state index contributed by atoms with van der Waals surface area (Å²) >= 11 is 6.01. The molecular formula is C12H18ClN3. The summed E-state index contributed by atoms with van der Waals surface area (Å²) in [4.78, 5) is 2.42. The molecule has 1 fully saturated rings. The fraction of sp³-hybridized carbons (Fsp3) is 0.500. The number of benzene rings is 1. The Bertz CT molecular complexity index is 337. The number of nitrogens with one attached hydrogen (secondary N) is 1. The lowest BCUT2D eigenvalue weighted by atomic mass is 10.0. The van der Waals surface area contributed by atoms with E-state index in [-0.39, 0.29) is 0 Å². The average molecular weight is 240 g/mol. The van der Waals surface area contributed by atoms with E-state index in [1.165, 1.54) is 5.56 Å². The number of halogens is 1. The van der Waals surface area contributed by atoms with Crippen molar-refractivity contribution >= 4 is 11.6 Å². The van der Waals surface area contributed by atoms with Crippen LogP contribution >= 0.6 is 11.6 Å². The molecule has 1 aromatic carbocycles. The Morgan fingerprint density at radius 3 is 2.75 bits per heavy atom. The summed E-state index contributed by atoms with van der Waals surface area (Å²) in [5.41, 5.74) is 7.10. The van der Waals surface area contributed by atoms with Crippen LogP contribution in [0.4, 0.5) is 0 Å². The number of rotatable bonds is 3. The highest BCUT2D eigenvalue weighted by Crippen LogP contribution is 2.22. The number of hydrogen-bond donors (Lipinski definition) is 2. The fourth-order valence-corrected chi connectivity index (χ4v) is 2.40. The molecule has 1 aromatic rings. The van der Waals surface area contributed by atoms with Crippen molar-refractivity contribution in [2.45, 2.75) is 6.04 Å². The zero-order valence-corrected chi connectivity index (χ0v) is 10.1. The molecule has 0 spiro atoms. The van der Waals surface area contributed by atoms with E-state index in [1.807, 2.05) is 18.2 Å². The van der Waals surface area contributed by atoms with Crippen molar-refractivity contribution in [3.8, 4) is 0 Å². The summed E-state index contributed by atoms with van der Waals surface area (Å²) in [6.45, 7) is 4.82. The Kier molecular flexibility index (Phi) is 4.18. The van der Waals surface area contributed by atoms with Gasteiger partial charge in [0.1, 0.15) is 0 Å². The lowest BCUT2D eigenvalue weighted by Gasteiger charge is -2.34. The molecule has 1 aliphatic rings. The monoisotopic (exact) mass is 239 g/mol. The molecule has 3 N–H and O–H groups in total. The molecular weight excluding hydrogens is 222 g/mol. The van der Waals surface area contributed by atoms with Gasteiger partial charge in [0.05, 0.1) is 0 Å². The molecule has 16 heavy (non-hydrogen) atoms. The van der Waals surface area contributed by atoms with E-state index in [9.17, 15) is 0 Å². The second-order valence-corrected chi connectivity index (χ2v) is 4.53. The topological polar surface area (TPSA) is 41.3 Å². The molecule has 0 amide bonds. The predicted octanol–water partition coefficient (Wildman–Crippen LogP) is 1.24. The van der Waals surface area contributed by atoms with Gasteiger partial charge in [-0.15, -0.1) is 0 Å². The quantitative estimate of drug-likeness (QED) is 0.834. The minimum absolute atomic E-state index is 0.292. The molecule has 1 heterocycles. The standard InChI is InChI=1S/C12H18ClN3/c13-11-3-1-2-10(8-11)12(9-14)16-6-4-15-5-7-16/h1-3,8,12,15H,4-7,9,14H2. The van der Waals surface area contributed by atoms with E-state index in [0.717, 1.165) is 31.2 Å². The van der Waals surface area contributed by atoms with Gasteiger partial charge in [0.25, 0.3) is 0 Å². The second kappa shape index (κ2) is 5.64. The Labute approximate surface area is 102 Å². The smallest absolute Gasteiger partial charge is 0.0472 e. The highest BCUT2D eigenvalue weighted by Gasteiger charge is 2.20. The summed E-state index contributed by atoms with van der Waals surface area (Å²) in [5, 5.41) is 4.13. The lowest BCUT2D eigenvalue weighted by molar-refractivity contribution is 0.178. The SMILES string of the molecule is NCC(c1cccc(Cl)c1)N1CCNCC1. The number of nitrogens with zero attached hydrogens (tertiary/aromatic N) is 1. The Morgan fingerprint density at radius 1 is 1.38 bits per heavy atom. The molecule has 88 valence electrons. The summed E-state index contributed by atoms with van der Waals surface area (Å²) in [7, 11) is 0. The van der Waals surface area contributed by atoms with E-state index in [1.54, 1.807) is 0 Å². The van der Waals surface area contributed by atoms with E-state index in [2.05, 4.69) is 16.3 Å². The molecule has 1 atom stereocenters. The first-order chi connectivity index (χ1) is 7.81. The van der Waals surface area contributed by atoms with Crippen molar-refractivity contribution in [3.05, 3.63) is 34.9 Å². The largest absolute Gasteiger partial charge is 0.329 e. The van der Waals surface area contributed by atoms with Gasteiger partial charge < -0.3 is 11.1 Å². The van der Waals surface area contributed by atoms with Gasteiger partial charge in [-0.3, -0.25) is 4.90 Å². The fourth-order valence-electron chi connectivity index (χ4n) is 2.20. The molecule has 0 aromatic heterocycles. The van der Waals surface area contributed by atoms with Gasteiger partial charge in [-0.25, -0.2) is 0 Å². The molecule has 0 radical (unpaired) electrons. The minimum atomic E-state index is 0.292. The zero-order chi connectivity index (χ0) is 11.4. The summed E-state index contributed by atoms with van der Waals surface area (Å²) in [6.07, 6.45) is 0. The molecule has 0 aliphatic carbocycles. The van der Waals surface area contributed by atoms with Crippen molar-refractivity contribution in [1.29, 1.82) is 0 Å². The van der Waals surface area contributed by atoms with Gasteiger partial charge in [0, 0.05) is 43.8 Å². The lowest BCUT2D eigenvalue weighted by Crippen LogP contribution is -2.46. The van der Waals surface area contributed by atoms with Crippen molar-refractivity contribution in [2.75, 3.05) is 32.7 Å². The molecule has 0 bridgehead atoms. The van der Waals surface area contributed by atoms with Crippen LogP contribution in [0.15, 0.2) is 24.3 Å². The number of nitrogens with two attached hydrogens (primary N) is 1. The van der Waals surface area contributed by atoms with E-state index in [4.69, 9.17) is 17.3 Å². The maximum Gasteiger partial charge on any atom is 0.0472 e. The molecule has 1 saturated heterocycles. The van der Waals surface area contributed by atoms with Gasteiger partial charge in [0.15, 0.2) is 0 Å². The Morgan fingerprint density at radius 2 is 2.12 bits per heavy atom. The van der Waals surface area contributed by atoms with Gasteiger partial charge in [-0.2, -0.15) is 0 Å². The summed E-state index contributed by atoms with van der Waals surface area (Å²) in [6, 6.07) is 8.30. The third-order valence-corrected chi connectivity index (χ3v) is 3.28. The van der Waals surface area contributed by atoms with E-state index >= 15 is 0 Å². The van der Waals surface area contributed by atoms with Crippen LogP contribution < -0.4 is 11.1 Å². The highest BCUT2D eigenvalue weighted by molar-refractivity contribution is 6.30. The molecule has 2 rings (SSSR count). The Balaban J connectivity index is 2.14. The molecule has 4 heteroatoms. The van der Waals surface area contributed by atoms with Gasteiger partial charge in [0.2, 0.25) is 0 Å². The van der Waals surface area contributed by atoms with Crippen LogP contribution in [0.3, 0.4) is 0 Å². The van der Waals surface area contributed by atoms with Gasteiger partial charge in [-0.05, 0) is 17.7 Å². The first-order valence-corrected chi connectivity index (χ1v) is 6.09. The minimum Gasteiger partial charge on any atom is -0.329 e. The normalized spacial score (nSPS) is 19.6. The second-order valence-electron chi connectivity index (χ2n) is 4.09. The highest BCUT2D eigenvalue weighted by atomic mass is 35.5. The molecule has 1 aliphatic heterocycles. The van der Waals surface area contributed by atoms with Crippen LogP contribution in [0.5, 0.6) is 0 Å². The Hall–Kier alpha value is -0.610. The maximum atomic E-state index is 6.01. The van der Waals surface area contributed by atoms with E-state index < -0.39 is 0 Å². The van der Waals surface area contributed by atoms with Crippen molar-refractivity contribution < 1.29 is 0 Å². The average Bonchev–Trinajstić information content (AvgIpc) is 2.31. The van der Waals surface area contributed by atoms with Crippen molar-refractivity contribution in [3.63, 3.8) is 0 Å². The van der Waals surface area contributed by atoms with Gasteiger partial charge in [-0.1, -0.05) is 23.7 Å². The maximum absolute atomic E-state index is 6.01. The number of piperazine rings is 1. The van der Waals surface area contributed by atoms with Crippen molar-refractivity contribution in [1.82, 2.24) is 10.2 Å². The first kappa shape index (κ1) is 11.9. The van der Waals surface area contributed by atoms with Crippen LogP contribution in [0.1, 0.15) is 11.6 Å².